The maximum atomic E-state index is 11.6. The average Bonchev–Trinajstić information content (AvgIpc) is 2.24. The quantitative estimate of drug-likeness (QED) is 0.570. The van der Waals surface area contributed by atoms with Gasteiger partial charge in [0, 0.05) is 12.1 Å². The monoisotopic (exact) mass is 319 g/mol. The zero-order valence-corrected chi connectivity index (χ0v) is 12.0. The summed E-state index contributed by atoms with van der Waals surface area (Å²) in [5, 5.41) is 19.5. The number of anilines is 1. The Balaban J connectivity index is 3.71. The van der Waals surface area contributed by atoms with Gasteiger partial charge >= 0.3 is 0 Å². The van der Waals surface area contributed by atoms with Crippen LogP contribution in [0.2, 0.25) is 0 Å². The third kappa shape index (κ3) is 3.43. The Morgan fingerprint density at radius 3 is 2.00 bits per heavy atom. The normalized spacial score (nSPS) is 11.7. The van der Waals surface area contributed by atoms with Gasteiger partial charge in [-0.1, -0.05) is 0 Å². The van der Waals surface area contributed by atoms with Gasteiger partial charge in [-0.05, 0) is 6.07 Å². The summed E-state index contributed by atoms with van der Waals surface area (Å²) >= 11 is 0. The molecule has 0 atom stereocenters. The molecule has 1 aromatic rings. The van der Waals surface area contributed by atoms with E-state index in [-0.39, 0.29) is 9.27 Å². The number of nitro groups is 1. The van der Waals surface area contributed by atoms with Crippen LogP contribution in [0.25, 0.3) is 0 Å². The lowest BCUT2D eigenvalue weighted by atomic mass is 10.2. The SMILES string of the molecule is CS(=O)(=O)N(c1cc(C#N)cc([N+](=O)[O-])c1)S(C)(=O)=O. The molecule has 108 valence electrons. The average molecular weight is 319 g/mol. The van der Waals surface area contributed by atoms with E-state index in [9.17, 15) is 26.9 Å². The lowest BCUT2D eigenvalue weighted by molar-refractivity contribution is -0.384. The molecule has 0 fully saturated rings. The van der Waals surface area contributed by atoms with Gasteiger partial charge in [0.15, 0.2) is 0 Å². The van der Waals surface area contributed by atoms with Crippen molar-refractivity contribution in [3.63, 3.8) is 0 Å². The van der Waals surface area contributed by atoms with Gasteiger partial charge < -0.3 is 0 Å². The van der Waals surface area contributed by atoms with Gasteiger partial charge in [0.2, 0.25) is 20.0 Å². The molecule has 9 nitrogen and oxygen atoms in total. The Morgan fingerprint density at radius 2 is 1.65 bits per heavy atom. The van der Waals surface area contributed by atoms with E-state index in [1.54, 1.807) is 6.07 Å². The number of nitrogens with zero attached hydrogens (tertiary/aromatic N) is 3. The first-order valence-corrected chi connectivity index (χ1v) is 8.56. The first-order chi connectivity index (χ1) is 8.96. The molecular weight excluding hydrogens is 310 g/mol. The van der Waals surface area contributed by atoms with Crippen LogP contribution in [0.5, 0.6) is 0 Å². The molecule has 1 aromatic carbocycles. The second kappa shape index (κ2) is 5.06. The molecule has 0 aliphatic heterocycles. The van der Waals surface area contributed by atoms with Crippen molar-refractivity contribution in [3.05, 3.63) is 33.9 Å². The minimum atomic E-state index is -4.23. The van der Waals surface area contributed by atoms with Crippen molar-refractivity contribution >= 4 is 31.4 Å². The predicted molar refractivity (Wildman–Crippen MR) is 70.0 cm³/mol. The molecule has 0 spiro atoms. The maximum absolute atomic E-state index is 11.6. The Hall–Kier alpha value is -2.19. The molecule has 0 saturated carbocycles. The van der Waals surface area contributed by atoms with Crippen molar-refractivity contribution in [3.8, 4) is 6.07 Å². The zero-order valence-electron chi connectivity index (χ0n) is 10.3. The molecule has 0 aliphatic carbocycles. The van der Waals surface area contributed by atoms with E-state index in [2.05, 4.69) is 0 Å². The van der Waals surface area contributed by atoms with E-state index in [1.165, 1.54) is 0 Å². The van der Waals surface area contributed by atoms with Crippen molar-refractivity contribution < 1.29 is 21.8 Å². The molecule has 11 heteroatoms. The van der Waals surface area contributed by atoms with Gasteiger partial charge in [-0.2, -0.15) is 8.97 Å². The Labute approximate surface area is 115 Å². The number of non-ortho nitro benzene ring substituents is 1. The Morgan fingerprint density at radius 1 is 1.15 bits per heavy atom. The largest absolute Gasteiger partial charge is 0.272 e. The van der Waals surface area contributed by atoms with Gasteiger partial charge in [-0.3, -0.25) is 10.1 Å². The van der Waals surface area contributed by atoms with E-state index < -0.39 is 36.3 Å². The molecule has 0 amide bonds. The molecule has 0 saturated heterocycles. The van der Waals surface area contributed by atoms with Crippen molar-refractivity contribution in [2.75, 3.05) is 16.2 Å². The molecular formula is C9H9N3O6S2. The summed E-state index contributed by atoms with van der Waals surface area (Å²) < 4.78 is 46.2. The van der Waals surface area contributed by atoms with E-state index >= 15 is 0 Å². The zero-order chi connectivity index (χ0) is 15.7. The van der Waals surface area contributed by atoms with Gasteiger partial charge in [0.1, 0.15) is 0 Å². The maximum Gasteiger partial charge on any atom is 0.272 e. The minimum Gasteiger partial charge on any atom is -0.258 e. The van der Waals surface area contributed by atoms with E-state index in [0.717, 1.165) is 18.2 Å². The van der Waals surface area contributed by atoms with Crippen LogP contribution in [0, 0.1) is 21.4 Å². The number of nitriles is 1. The summed E-state index contributed by atoms with van der Waals surface area (Å²) in [5.41, 5.74) is -1.30. The predicted octanol–water partition coefficient (Wildman–Crippen LogP) is 0.192. The highest BCUT2D eigenvalue weighted by Gasteiger charge is 2.29. The summed E-state index contributed by atoms with van der Waals surface area (Å²) in [5.74, 6) is 0. The van der Waals surface area contributed by atoms with E-state index in [0.29, 0.717) is 12.5 Å². The number of benzene rings is 1. The number of hydrogen-bond acceptors (Lipinski definition) is 7. The van der Waals surface area contributed by atoms with Crippen LogP contribution in [-0.2, 0) is 20.0 Å². The van der Waals surface area contributed by atoms with Gasteiger partial charge in [-0.15, -0.1) is 0 Å². The first kappa shape index (κ1) is 15.9. The van der Waals surface area contributed by atoms with Crippen LogP contribution in [-0.4, -0.2) is 34.3 Å². The molecule has 0 aromatic heterocycles. The molecule has 0 radical (unpaired) electrons. The third-order valence-electron chi connectivity index (χ3n) is 2.06. The number of rotatable bonds is 4. The second-order valence-electron chi connectivity index (χ2n) is 3.83. The molecule has 0 aliphatic rings. The van der Waals surface area contributed by atoms with Gasteiger partial charge in [-0.25, -0.2) is 16.8 Å². The summed E-state index contributed by atoms with van der Waals surface area (Å²) in [7, 11) is -8.46. The summed E-state index contributed by atoms with van der Waals surface area (Å²) in [4.78, 5) is 9.87. The molecule has 20 heavy (non-hydrogen) atoms. The van der Waals surface area contributed by atoms with Crippen molar-refractivity contribution in [1.82, 2.24) is 0 Å². The smallest absolute Gasteiger partial charge is 0.258 e. The highest BCUT2D eigenvalue weighted by molar-refractivity contribution is 8.09. The van der Waals surface area contributed by atoms with E-state index in [4.69, 9.17) is 5.26 Å². The highest BCUT2D eigenvalue weighted by Crippen LogP contribution is 2.27. The number of nitro benzene ring substituents is 1. The molecule has 0 heterocycles. The molecule has 1 rings (SSSR count). The standard InChI is InChI=1S/C9H9N3O6S2/c1-19(15,16)12(20(2,17)18)9-4-7(6-10)3-8(5-9)11(13)14/h3-5H,1-2H3. The fourth-order valence-electron chi connectivity index (χ4n) is 1.50. The molecule has 0 bridgehead atoms. The topological polar surface area (TPSA) is 138 Å². The number of sulfonamides is 2. The van der Waals surface area contributed by atoms with Crippen LogP contribution in [0.1, 0.15) is 5.56 Å². The summed E-state index contributed by atoms with van der Waals surface area (Å²) in [6.07, 6.45) is 1.28. The van der Waals surface area contributed by atoms with Crippen molar-refractivity contribution in [1.29, 1.82) is 5.26 Å². The summed E-state index contributed by atoms with van der Waals surface area (Å²) in [6.45, 7) is 0. The molecule has 0 unspecified atom stereocenters. The highest BCUT2D eigenvalue weighted by atomic mass is 32.3. The van der Waals surface area contributed by atoms with Crippen LogP contribution in [0.3, 0.4) is 0 Å². The third-order valence-corrected chi connectivity index (χ3v) is 5.31. The van der Waals surface area contributed by atoms with Crippen LogP contribution in [0.4, 0.5) is 11.4 Å². The van der Waals surface area contributed by atoms with Crippen molar-refractivity contribution in [2.45, 2.75) is 0 Å². The van der Waals surface area contributed by atoms with Crippen LogP contribution < -0.4 is 3.71 Å². The fourth-order valence-corrected chi connectivity index (χ4v) is 4.44. The van der Waals surface area contributed by atoms with Gasteiger partial charge in [0.05, 0.1) is 34.8 Å². The second-order valence-corrected chi connectivity index (χ2v) is 7.72. The van der Waals surface area contributed by atoms with E-state index in [1.807, 2.05) is 0 Å². The Kier molecular flexibility index (Phi) is 4.02. The lowest BCUT2D eigenvalue weighted by Crippen LogP contribution is -2.35. The minimum absolute atomic E-state index is 0.0356. The first-order valence-electron chi connectivity index (χ1n) is 4.87. The van der Waals surface area contributed by atoms with Crippen LogP contribution >= 0.6 is 0 Å². The van der Waals surface area contributed by atoms with Gasteiger partial charge in [0.25, 0.3) is 5.69 Å². The summed E-state index contributed by atoms with van der Waals surface area (Å²) in [6, 6.07) is 4.21. The number of hydrogen-bond donors (Lipinski definition) is 0. The lowest BCUT2D eigenvalue weighted by Gasteiger charge is -2.19. The molecule has 0 N–H and O–H groups in total. The fraction of sp³-hybridized carbons (Fsp3) is 0.222. The Bertz CT molecular complexity index is 775. The van der Waals surface area contributed by atoms with Crippen LogP contribution in [0.15, 0.2) is 18.2 Å². The van der Waals surface area contributed by atoms with Crippen molar-refractivity contribution in [2.24, 2.45) is 0 Å².